The van der Waals surface area contributed by atoms with Gasteiger partial charge in [-0.2, -0.15) is 0 Å². The molecule has 0 radical (unpaired) electrons. The van der Waals surface area contributed by atoms with E-state index in [9.17, 15) is 19.5 Å². The number of amides is 3. The average Bonchev–Trinajstić information content (AvgIpc) is 3.50. The van der Waals surface area contributed by atoms with E-state index in [1.54, 1.807) is 21.1 Å². The van der Waals surface area contributed by atoms with Crippen LogP contribution in [0.3, 0.4) is 0 Å². The van der Waals surface area contributed by atoms with Crippen molar-refractivity contribution in [2.24, 2.45) is 23.7 Å². The number of likely N-dealkylation sites (N-methyl/N-ethyl adjacent to an activating group) is 1. The van der Waals surface area contributed by atoms with Crippen molar-refractivity contribution in [2.75, 3.05) is 27.8 Å². The molecule has 44 heavy (non-hydrogen) atoms. The SMILES string of the molecule is CC[C@H](C(=O)N(C)[C@@H]([C@@H](C)CC)[C@@H](CC(=O)N1CCC[C@H]1[C@H](OC)[C@@H](C)C(=O)N[C@H](C)[C@@H](O)c1ccccc1)OC)C(C)C. The summed E-state index contributed by atoms with van der Waals surface area (Å²) < 4.78 is 11.8. The van der Waals surface area contributed by atoms with E-state index < -0.39 is 30.3 Å². The molecule has 9 nitrogen and oxygen atoms in total. The Morgan fingerprint density at radius 3 is 2.18 bits per heavy atom. The molecule has 1 fully saturated rings. The Morgan fingerprint density at radius 1 is 1.02 bits per heavy atom. The van der Waals surface area contributed by atoms with Gasteiger partial charge in [0, 0.05) is 33.7 Å². The molecule has 1 saturated heterocycles. The molecule has 0 unspecified atom stereocenters. The van der Waals surface area contributed by atoms with Crippen LogP contribution in [0.2, 0.25) is 0 Å². The van der Waals surface area contributed by atoms with Crippen molar-refractivity contribution >= 4 is 17.7 Å². The third-order valence-electron chi connectivity index (χ3n) is 9.81. The molecule has 2 N–H and O–H groups in total. The summed E-state index contributed by atoms with van der Waals surface area (Å²) in [5, 5.41) is 13.7. The Kier molecular flexibility index (Phi) is 15.3. The highest BCUT2D eigenvalue weighted by Crippen LogP contribution is 2.30. The van der Waals surface area contributed by atoms with Crippen molar-refractivity contribution in [3.05, 3.63) is 35.9 Å². The summed E-state index contributed by atoms with van der Waals surface area (Å²) in [6.07, 6.45) is 1.43. The minimum atomic E-state index is -0.847. The second kappa shape index (κ2) is 17.9. The Bertz CT molecular complexity index is 1040. The highest BCUT2D eigenvalue weighted by Gasteiger charge is 2.42. The van der Waals surface area contributed by atoms with Gasteiger partial charge in [0.1, 0.15) is 0 Å². The van der Waals surface area contributed by atoms with Crippen LogP contribution in [0.1, 0.15) is 92.2 Å². The standard InChI is InChI=1S/C35H59N3O6/c1-11-23(5)31(37(8)35(42)27(12-2)22(3)4)29(43-9)21-30(39)38-20-16-19-28(38)33(44-10)24(6)34(41)36-25(7)32(40)26-17-14-13-15-18-26/h13-15,17-18,22-25,27-29,31-33,40H,11-12,16,19-21H2,1-10H3,(H,36,41)/t23-,24+,25+,27-,28-,29+,31-,32+,33+/m0/s1. The van der Waals surface area contributed by atoms with Gasteiger partial charge in [-0.25, -0.2) is 0 Å². The highest BCUT2D eigenvalue weighted by molar-refractivity contribution is 5.81. The number of likely N-dealkylation sites (tertiary alicyclic amines) is 1. The molecule has 1 aliphatic rings. The number of benzene rings is 1. The quantitative estimate of drug-likeness (QED) is 0.259. The van der Waals surface area contributed by atoms with Crippen molar-refractivity contribution in [3.63, 3.8) is 0 Å². The zero-order valence-corrected chi connectivity index (χ0v) is 28.8. The number of nitrogens with one attached hydrogen (secondary N) is 1. The molecule has 1 aliphatic heterocycles. The number of hydrogen-bond donors (Lipinski definition) is 2. The fourth-order valence-electron chi connectivity index (χ4n) is 6.87. The van der Waals surface area contributed by atoms with Gasteiger partial charge in [-0.05, 0) is 43.6 Å². The summed E-state index contributed by atoms with van der Waals surface area (Å²) in [6.45, 7) is 14.5. The Balaban J connectivity index is 2.19. The lowest BCUT2D eigenvalue weighted by Gasteiger charge is -2.40. The first kappa shape index (κ1) is 37.7. The van der Waals surface area contributed by atoms with Gasteiger partial charge in [0.2, 0.25) is 17.7 Å². The minimum absolute atomic E-state index is 0.0630. The summed E-state index contributed by atoms with van der Waals surface area (Å²) in [6, 6.07) is 8.21. The van der Waals surface area contributed by atoms with Crippen molar-refractivity contribution < 1.29 is 29.0 Å². The second-order valence-electron chi connectivity index (χ2n) is 13.0. The Morgan fingerprint density at radius 2 is 1.66 bits per heavy atom. The lowest BCUT2D eigenvalue weighted by atomic mass is 9.87. The average molecular weight is 618 g/mol. The molecule has 1 aromatic rings. The lowest BCUT2D eigenvalue weighted by molar-refractivity contribution is -0.148. The van der Waals surface area contributed by atoms with Gasteiger partial charge in [0.05, 0.1) is 48.8 Å². The van der Waals surface area contributed by atoms with E-state index in [0.717, 1.165) is 31.2 Å². The zero-order chi connectivity index (χ0) is 33.1. The Hall–Kier alpha value is -2.49. The molecular formula is C35H59N3O6. The summed E-state index contributed by atoms with van der Waals surface area (Å²) in [4.78, 5) is 44.5. The van der Waals surface area contributed by atoms with Crippen LogP contribution in [0.15, 0.2) is 30.3 Å². The number of ether oxygens (including phenoxy) is 2. The first-order valence-electron chi connectivity index (χ1n) is 16.5. The van der Waals surface area contributed by atoms with E-state index in [-0.39, 0.29) is 54.0 Å². The molecule has 250 valence electrons. The molecule has 1 heterocycles. The highest BCUT2D eigenvalue weighted by atomic mass is 16.5. The van der Waals surface area contributed by atoms with Gasteiger partial charge in [-0.1, -0.05) is 78.3 Å². The third kappa shape index (κ3) is 9.27. The molecular weight excluding hydrogens is 558 g/mol. The fraction of sp³-hybridized carbons (Fsp3) is 0.743. The molecule has 0 bridgehead atoms. The van der Waals surface area contributed by atoms with Gasteiger partial charge >= 0.3 is 0 Å². The van der Waals surface area contributed by atoms with Crippen molar-refractivity contribution in [1.29, 1.82) is 0 Å². The molecule has 1 aromatic carbocycles. The predicted octanol–water partition coefficient (Wildman–Crippen LogP) is 4.83. The van der Waals surface area contributed by atoms with Crippen LogP contribution in [0, 0.1) is 23.7 Å². The summed E-state index contributed by atoms with van der Waals surface area (Å²) in [5.74, 6) is -0.505. The third-order valence-corrected chi connectivity index (χ3v) is 9.81. The molecule has 0 saturated carbocycles. The van der Waals surface area contributed by atoms with Crippen LogP contribution in [0.25, 0.3) is 0 Å². The van der Waals surface area contributed by atoms with E-state index in [1.165, 1.54) is 0 Å². The number of rotatable bonds is 17. The van der Waals surface area contributed by atoms with E-state index in [2.05, 4.69) is 33.0 Å². The second-order valence-corrected chi connectivity index (χ2v) is 13.0. The largest absolute Gasteiger partial charge is 0.386 e. The molecule has 9 heteroatoms. The van der Waals surface area contributed by atoms with E-state index >= 15 is 0 Å². The summed E-state index contributed by atoms with van der Waals surface area (Å²) >= 11 is 0. The molecule has 2 rings (SSSR count). The summed E-state index contributed by atoms with van der Waals surface area (Å²) in [5.41, 5.74) is 0.731. The van der Waals surface area contributed by atoms with Gasteiger partial charge in [-0.15, -0.1) is 0 Å². The van der Waals surface area contributed by atoms with Crippen LogP contribution < -0.4 is 5.32 Å². The van der Waals surface area contributed by atoms with Crippen LogP contribution in [-0.4, -0.2) is 90.8 Å². The number of aliphatic hydroxyl groups excluding tert-OH is 1. The number of methoxy groups -OCH3 is 2. The summed E-state index contributed by atoms with van der Waals surface area (Å²) in [7, 11) is 5.03. The van der Waals surface area contributed by atoms with E-state index in [4.69, 9.17) is 9.47 Å². The number of nitrogens with zero attached hydrogens (tertiary/aromatic N) is 2. The minimum Gasteiger partial charge on any atom is -0.386 e. The normalized spacial score (nSPS) is 20.7. The maximum Gasteiger partial charge on any atom is 0.226 e. The maximum atomic E-state index is 13.9. The van der Waals surface area contributed by atoms with Crippen LogP contribution in [0.4, 0.5) is 0 Å². The fourth-order valence-corrected chi connectivity index (χ4v) is 6.87. The Labute approximate surface area is 266 Å². The number of aliphatic hydroxyl groups is 1. The van der Waals surface area contributed by atoms with E-state index in [1.807, 2.05) is 61.0 Å². The van der Waals surface area contributed by atoms with Crippen LogP contribution in [0.5, 0.6) is 0 Å². The van der Waals surface area contributed by atoms with Gasteiger partial charge in [0.15, 0.2) is 0 Å². The predicted molar refractivity (Wildman–Crippen MR) is 174 cm³/mol. The first-order valence-corrected chi connectivity index (χ1v) is 16.5. The number of hydrogen-bond acceptors (Lipinski definition) is 6. The van der Waals surface area contributed by atoms with Crippen molar-refractivity contribution in [1.82, 2.24) is 15.1 Å². The molecule has 0 spiro atoms. The molecule has 0 aromatic heterocycles. The van der Waals surface area contributed by atoms with Crippen molar-refractivity contribution in [3.8, 4) is 0 Å². The van der Waals surface area contributed by atoms with E-state index in [0.29, 0.717) is 6.54 Å². The van der Waals surface area contributed by atoms with Gasteiger partial charge < -0.3 is 29.7 Å². The number of carbonyl (C=O) groups excluding carboxylic acids is 3. The lowest BCUT2D eigenvalue weighted by Crippen LogP contribution is -2.54. The van der Waals surface area contributed by atoms with Crippen molar-refractivity contribution in [2.45, 2.75) is 117 Å². The first-order chi connectivity index (χ1) is 20.8. The smallest absolute Gasteiger partial charge is 0.226 e. The monoisotopic (exact) mass is 617 g/mol. The van der Waals surface area contributed by atoms with Crippen LogP contribution in [-0.2, 0) is 23.9 Å². The molecule has 3 amide bonds. The molecule has 0 aliphatic carbocycles. The van der Waals surface area contributed by atoms with Gasteiger partial charge in [0.25, 0.3) is 0 Å². The van der Waals surface area contributed by atoms with Gasteiger partial charge in [-0.3, -0.25) is 14.4 Å². The topological polar surface area (TPSA) is 108 Å². The molecule has 9 atom stereocenters. The number of carbonyl (C=O) groups is 3. The van der Waals surface area contributed by atoms with Crippen LogP contribution >= 0.6 is 0 Å². The zero-order valence-electron chi connectivity index (χ0n) is 28.8. The maximum absolute atomic E-state index is 13.9.